The minimum absolute atomic E-state index is 0.0960. The first kappa shape index (κ1) is 11.9. The second-order valence-electron chi connectivity index (χ2n) is 3.85. The summed E-state index contributed by atoms with van der Waals surface area (Å²) in [5.74, 6) is 0.0960. The molecule has 0 N–H and O–H groups in total. The molecule has 2 rings (SSSR count). The Balaban J connectivity index is 2.48. The molecular formula is C15H14OS. The van der Waals surface area contributed by atoms with Gasteiger partial charge in [-0.05, 0) is 24.8 Å². The molecule has 0 amide bonds. The summed E-state index contributed by atoms with van der Waals surface area (Å²) in [4.78, 5) is 13.4. The molecule has 0 saturated carbocycles. The van der Waals surface area contributed by atoms with Gasteiger partial charge in [-0.15, -0.1) is 11.8 Å². The van der Waals surface area contributed by atoms with Crippen molar-refractivity contribution in [2.45, 2.75) is 11.8 Å². The van der Waals surface area contributed by atoms with Gasteiger partial charge in [0, 0.05) is 16.0 Å². The molecule has 0 bridgehead atoms. The van der Waals surface area contributed by atoms with Crippen LogP contribution in [0, 0.1) is 6.92 Å². The second kappa shape index (κ2) is 5.19. The molecule has 2 aromatic carbocycles. The minimum atomic E-state index is 0.0960. The number of carbonyl (C=O) groups is 1. The van der Waals surface area contributed by atoms with Crippen LogP contribution >= 0.6 is 11.8 Å². The van der Waals surface area contributed by atoms with E-state index in [1.807, 2.05) is 61.7 Å². The van der Waals surface area contributed by atoms with E-state index in [-0.39, 0.29) is 5.78 Å². The van der Waals surface area contributed by atoms with Gasteiger partial charge in [0.2, 0.25) is 0 Å². The van der Waals surface area contributed by atoms with Gasteiger partial charge in [0.05, 0.1) is 0 Å². The summed E-state index contributed by atoms with van der Waals surface area (Å²) in [6, 6.07) is 15.3. The van der Waals surface area contributed by atoms with Gasteiger partial charge in [-0.25, -0.2) is 0 Å². The topological polar surface area (TPSA) is 17.1 Å². The molecule has 0 atom stereocenters. The van der Waals surface area contributed by atoms with Crippen molar-refractivity contribution in [3.8, 4) is 0 Å². The minimum Gasteiger partial charge on any atom is -0.289 e. The number of aryl methyl sites for hydroxylation is 1. The maximum absolute atomic E-state index is 12.4. The maximum atomic E-state index is 12.4. The van der Waals surface area contributed by atoms with Gasteiger partial charge < -0.3 is 0 Å². The normalized spacial score (nSPS) is 10.2. The molecule has 2 aromatic rings. The highest BCUT2D eigenvalue weighted by molar-refractivity contribution is 7.98. The zero-order chi connectivity index (χ0) is 12.3. The summed E-state index contributed by atoms with van der Waals surface area (Å²) in [5.41, 5.74) is 2.69. The van der Waals surface area contributed by atoms with E-state index < -0.39 is 0 Å². The maximum Gasteiger partial charge on any atom is 0.194 e. The lowest BCUT2D eigenvalue weighted by Gasteiger charge is -2.09. The van der Waals surface area contributed by atoms with E-state index in [0.717, 1.165) is 21.6 Å². The SMILES string of the molecule is CSc1c(C)cccc1C(=O)c1ccccc1. The predicted octanol–water partition coefficient (Wildman–Crippen LogP) is 3.95. The van der Waals surface area contributed by atoms with E-state index in [1.54, 1.807) is 11.8 Å². The zero-order valence-electron chi connectivity index (χ0n) is 9.94. The summed E-state index contributed by atoms with van der Waals surface area (Å²) < 4.78 is 0. The fourth-order valence-corrected chi connectivity index (χ4v) is 2.62. The summed E-state index contributed by atoms with van der Waals surface area (Å²) in [6.07, 6.45) is 2.00. The fraction of sp³-hybridized carbons (Fsp3) is 0.133. The first-order valence-corrected chi connectivity index (χ1v) is 6.70. The highest BCUT2D eigenvalue weighted by Crippen LogP contribution is 2.26. The average Bonchev–Trinajstić information content (AvgIpc) is 2.38. The number of hydrogen-bond acceptors (Lipinski definition) is 2. The summed E-state index contributed by atoms with van der Waals surface area (Å²) in [7, 11) is 0. The van der Waals surface area contributed by atoms with Crippen LogP contribution in [0.5, 0.6) is 0 Å². The molecule has 0 aliphatic heterocycles. The molecule has 1 nitrogen and oxygen atoms in total. The van der Waals surface area contributed by atoms with E-state index >= 15 is 0 Å². The van der Waals surface area contributed by atoms with E-state index in [0.29, 0.717) is 0 Å². The summed E-state index contributed by atoms with van der Waals surface area (Å²) in [5, 5.41) is 0. The van der Waals surface area contributed by atoms with Crippen molar-refractivity contribution in [3.63, 3.8) is 0 Å². The van der Waals surface area contributed by atoms with Crippen LogP contribution in [-0.2, 0) is 0 Å². The highest BCUT2D eigenvalue weighted by atomic mass is 32.2. The van der Waals surface area contributed by atoms with Crippen LogP contribution in [0.25, 0.3) is 0 Å². The average molecular weight is 242 g/mol. The van der Waals surface area contributed by atoms with Crippen molar-refractivity contribution in [2.24, 2.45) is 0 Å². The molecule has 0 aliphatic rings. The number of hydrogen-bond donors (Lipinski definition) is 0. The van der Waals surface area contributed by atoms with E-state index in [9.17, 15) is 4.79 Å². The third-order valence-corrected chi connectivity index (χ3v) is 3.65. The molecular weight excluding hydrogens is 228 g/mol. The van der Waals surface area contributed by atoms with Crippen LogP contribution < -0.4 is 0 Å². The van der Waals surface area contributed by atoms with Crippen molar-refractivity contribution in [2.75, 3.05) is 6.26 Å². The molecule has 0 fully saturated rings. The molecule has 0 aromatic heterocycles. The molecule has 0 heterocycles. The fourth-order valence-electron chi connectivity index (χ4n) is 1.85. The van der Waals surface area contributed by atoms with Crippen LogP contribution in [0.15, 0.2) is 53.4 Å². The van der Waals surface area contributed by atoms with Crippen LogP contribution in [-0.4, -0.2) is 12.0 Å². The molecule has 0 saturated heterocycles. The van der Waals surface area contributed by atoms with Gasteiger partial charge >= 0.3 is 0 Å². The van der Waals surface area contributed by atoms with Gasteiger partial charge in [-0.3, -0.25) is 4.79 Å². The second-order valence-corrected chi connectivity index (χ2v) is 4.67. The summed E-state index contributed by atoms with van der Waals surface area (Å²) in [6.45, 7) is 2.04. The monoisotopic (exact) mass is 242 g/mol. The predicted molar refractivity (Wildman–Crippen MR) is 72.8 cm³/mol. The zero-order valence-corrected chi connectivity index (χ0v) is 10.8. The molecule has 86 valence electrons. The largest absolute Gasteiger partial charge is 0.289 e. The van der Waals surface area contributed by atoms with Crippen molar-refractivity contribution in [3.05, 3.63) is 65.2 Å². The van der Waals surface area contributed by atoms with Crippen molar-refractivity contribution in [1.82, 2.24) is 0 Å². The van der Waals surface area contributed by atoms with Gasteiger partial charge in [-0.1, -0.05) is 42.5 Å². The highest BCUT2D eigenvalue weighted by Gasteiger charge is 2.13. The molecule has 0 spiro atoms. The lowest BCUT2D eigenvalue weighted by Crippen LogP contribution is -2.03. The Hall–Kier alpha value is -1.54. The number of thioether (sulfide) groups is 1. The lowest BCUT2D eigenvalue weighted by atomic mass is 10.0. The van der Waals surface area contributed by atoms with Crippen LogP contribution in [0.4, 0.5) is 0 Å². The van der Waals surface area contributed by atoms with Crippen LogP contribution in [0.3, 0.4) is 0 Å². The van der Waals surface area contributed by atoms with Gasteiger partial charge in [-0.2, -0.15) is 0 Å². The van der Waals surface area contributed by atoms with Crippen LogP contribution in [0.2, 0.25) is 0 Å². The Morgan fingerprint density at radius 2 is 1.71 bits per heavy atom. The standard InChI is InChI=1S/C15H14OS/c1-11-7-6-10-13(15(11)17-2)14(16)12-8-4-3-5-9-12/h3-10H,1-2H3. The molecule has 2 heteroatoms. The van der Waals surface area contributed by atoms with E-state index in [1.165, 1.54) is 0 Å². The van der Waals surface area contributed by atoms with Crippen LogP contribution in [0.1, 0.15) is 21.5 Å². The smallest absolute Gasteiger partial charge is 0.194 e. The number of ketones is 1. The first-order valence-electron chi connectivity index (χ1n) is 5.47. The Bertz CT molecular complexity index is 532. The number of rotatable bonds is 3. The van der Waals surface area contributed by atoms with Gasteiger partial charge in [0.15, 0.2) is 5.78 Å². The Labute approximate surface area is 106 Å². The van der Waals surface area contributed by atoms with Crippen molar-refractivity contribution >= 4 is 17.5 Å². The van der Waals surface area contributed by atoms with E-state index in [4.69, 9.17) is 0 Å². The third-order valence-electron chi connectivity index (χ3n) is 2.70. The van der Waals surface area contributed by atoms with Gasteiger partial charge in [0.1, 0.15) is 0 Å². The van der Waals surface area contributed by atoms with Gasteiger partial charge in [0.25, 0.3) is 0 Å². The Morgan fingerprint density at radius 3 is 2.35 bits per heavy atom. The van der Waals surface area contributed by atoms with Crippen molar-refractivity contribution in [1.29, 1.82) is 0 Å². The molecule has 0 radical (unpaired) electrons. The number of carbonyl (C=O) groups excluding carboxylic acids is 1. The Kier molecular flexibility index (Phi) is 3.64. The summed E-state index contributed by atoms with van der Waals surface area (Å²) >= 11 is 1.62. The molecule has 0 unspecified atom stereocenters. The molecule has 17 heavy (non-hydrogen) atoms. The Morgan fingerprint density at radius 1 is 1.00 bits per heavy atom. The first-order chi connectivity index (χ1) is 8.24. The molecule has 0 aliphatic carbocycles. The number of benzene rings is 2. The quantitative estimate of drug-likeness (QED) is 0.599. The van der Waals surface area contributed by atoms with Crippen molar-refractivity contribution < 1.29 is 4.79 Å². The lowest BCUT2D eigenvalue weighted by molar-refractivity contribution is 0.103. The third kappa shape index (κ3) is 2.42. The van der Waals surface area contributed by atoms with E-state index in [2.05, 4.69) is 0 Å².